The largest absolute Gasteiger partial charge is 0.450 e. The van der Waals surface area contributed by atoms with Gasteiger partial charge in [-0.1, -0.05) is 50.1 Å². The minimum absolute atomic E-state index is 0.101. The highest BCUT2D eigenvalue weighted by Crippen LogP contribution is 2.39. The van der Waals surface area contributed by atoms with Crippen LogP contribution in [-0.2, 0) is 6.54 Å². The van der Waals surface area contributed by atoms with E-state index in [1.165, 1.54) is 0 Å². The molecule has 5 rings (SSSR count). The van der Waals surface area contributed by atoms with Gasteiger partial charge < -0.3 is 9.32 Å². The number of aromatic nitrogens is 1. The van der Waals surface area contributed by atoms with E-state index >= 15 is 0 Å². The van der Waals surface area contributed by atoms with Crippen LogP contribution in [0.3, 0.4) is 0 Å². The topological polar surface area (TPSA) is 63.4 Å². The molecule has 7 heteroatoms. The Morgan fingerprint density at radius 1 is 1.00 bits per heavy atom. The summed E-state index contributed by atoms with van der Waals surface area (Å²) in [5.41, 5.74) is 2.28. The van der Waals surface area contributed by atoms with Crippen molar-refractivity contribution in [1.82, 2.24) is 9.88 Å². The molecular formula is C23H14Br2N2O3. The second-order valence-electron chi connectivity index (χ2n) is 7.07. The fraction of sp³-hybridized carbons (Fsp3) is 0.0870. The van der Waals surface area contributed by atoms with E-state index in [1.807, 2.05) is 36.4 Å². The normalized spacial score (nSPS) is 15.6. The second kappa shape index (κ2) is 7.49. The van der Waals surface area contributed by atoms with Crippen molar-refractivity contribution < 1.29 is 9.21 Å². The zero-order valence-corrected chi connectivity index (χ0v) is 18.7. The molecule has 0 fully saturated rings. The third kappa shape index (κ3) is 3.18. The number of carbonyl (C=O) groups excluding carboxylic acids is 1. The van der Waals surface area contributed by atoms with Gasteiger partial charge in [-0.05, 0) is 47.5 Å². The molecule has 0 aliphatic carbocycles. The molecule has 0 bridgehead atoms. The second-order valence-corrected chi connectivity index (χ2v) is 8.90. The first-order chi connectivity index (χ1) is 14.5. The maximum Gasteiger partial charge on any atom is 0.291 e. The molecule has 0 radical (unpaired) electrons. The smallest absolute Gasteiger partial charge is 0.291 e. The minimum atomic E-state index is -0.551. The van der Waals surface area contributed by atoms with Crippen molar-refractivity contribution in [2.45, 2.75) is 12.6 Å². The van der Waals surface area contributed by atoms with Crippen LogP contribution in [0.25, 0.3) is 11.0 Å². The van der Waals surface area contributed by atoms with Crippen molar-refractivity contribution in [3.63, 3.8) is 0 Å². The molecule has 3 heterocycles. The Morgan fingerprint density at radius 2 is 1.83 bits per heavy atom. The van der Waals surface area contributed by atoms with Crippen molar-refractivity contribution >= 4 is 48.7 Å². The van der Waals surface area contributed by atoms with Crippen LogP contribution in [0.1, 0.15) is 33.3 Å². The van der Waals surface area contributed by atoms with Crippen molar-refractivity contribution in [2.24, 2.45) is 0 Å². The maximum absolute atomic E-state index is 13.5. The molecule has 0 spiro atoms. The zero-order chi connectivity index (χ0) is 20.8. The van der Waals surface area contributed by atoms with E-state index < -0.39 is 6.04 Å². The summed E-state index contributed by atoms with van der Waals surface area (Å²) in [6.07, 6.45) is 3.41. The molecular weight excluding hydrogens is 512 g/mol. The lowest BCUT2D eigenvalue weighted by Gasteiger charge is -2.25. The summed E-state index contributed by atoms with van der Waals surface area (Å²) in [6, 6.07) is 16.0. The Bertz CT molecular complexity index is 1350. The number of hydrogen-bond donors (Lipinski definition) is 0. The molecule has 1 amide bonds. The first kappa shape index (κ1) is 19.2. The Morgan fingerprint density at radius 3 is 2.60 bits per heavy atom. The summed E-state index contributed by atoms with van der Waals surface area (Å²) in [5.74, 6) is -0.204. The van der Waals surface area contributed by atoms with Crippen molar-refractivity contribution in [1.29, 1.82) is 0 Å². The van der Waals surface area contributed by atoms with E-state index in [0.29, 0.717) is 23.1 Å². The molecule has 5 nitrogen and oxygen atoms in total. The van der Waals surface area contributed by atoms with Gasteiger partial charge in [0.25, 0.3) is 5.91 Å². The molecule has 0 N–H and O–H groups in total. The number of amides is 1. The van der Waals surface area contributed by atoms with Gasteiger partial charge in [0.2, 0.25) is 5.76 Å². The average molecular weight is 526 g/mol. The van der Waals surface area contributed by atoms with Crippen molar-refractivity contribution in [2.75, 3.05) is 0 Å². The number of hydrogen-bond acceptors (Lipinski definition) is 4. The first-order valence-corrected chi connectivity index (χ1v) is 10.8. The van der Waals surface area contributed by atoms with Crippen LogP contribution < -0.4 is 5.43 Å². The summed E-state index contributed by atoms with van der Waals surface area (Å²) in [5, 5.41) is 0.444. The van der Waals surface area contributed by atoms with Gasteiger partial charge in [-0.15, -0.1) is 0 Å². The highest BCUT2D eigenvalue weighted by atomic mass is 79.9. The molecule has 148 valence electrons. The van der Waals surface area contributed by atoms with E-state index in [9.17, 15) is 9.59 Å². The van der Waals surface area contributed by atoms with Crippen LogP contribution in [0.4, 0.5) is 0 Å². The van der Waals surface area contributed by atoms with E-state index in [4.69, 9.17) is 4.42 Å². The van der Waals surface area contributed by atoms with Gasteiger partial charge in [-0.2, -0.15) is 0 Å². The van der Waals surface area contributed by atoms with Crippen molar-refractivity contribution in [3.8, 4) is 0 Å². The predicted octanol–water partition coefficient (Wildman–Crippen LogP) is 5.46. The number of rotatable bonds is 3. The van der Waals surface area contributed by atoms with Gasteiger partial charge in [-0.3, -0.25) is 14.6 Å². The highest BCUT2D eigenvalue weighted by molar-refractivity contribution is 9.10. The predicted molar refractivity (Wildman–Crippen MR) is 120 cm³/mol. The highest BCUT2D eigenvalue weighted by Gasteiger charge is 2.42. The third-order valence-corrected chi connectivity index (χ3v) is 6.15. The molecule has 0 saturated carbocycles. The van der Waals surface area contributed by atoms with Gasteiger partial charge in [0.1, 0.15) is 5.58 Å². The quantitative estimate of drug-likeness (QED) is 0.356. The van der Waals surface area contributed by atoms with E-state index in [-0.39, 0.29) is 17.1 Å². The minimum Gasteiger partial charge on any atom is -0.450 e. The summed E-state index contributed by atoms with van der Waals surface area (Å²) in [4.78, 5) is 32.7. The van der Waals surface area contributed by atoms with Crippen LogP contribution in [0, 0.1) is 0 Å². The Balaban J connectivity index is 1.75. The van der Waals surface area contributed by atoms with Crippen molar-refractivity contribution in [3.05, 3.63) is 109 Å². The van der Waals surface area contributed by atoms with Crippen LogP contribution >= 0.6 is 31.9 Å². The Kier molecular flexibility index (Phi) is 4.79. The fourth-order valence-corrected chi connectivity index (χ4v) is 4.65. The zero-order valence-electron chi connectivity index (χ0n) is 15.5. The Labute approximate surface area is 188 Å². The molecule has 4 aromatic rings. The van der Waals surface area contributed by atoms with Crippen LogP contribution in [-0.4, -0.2) is 15.8 Å². The molecule has 2 aromatic heterocycles. The molecule has 1 unspecified atom stereocenters. The molecule has 30 heavy (non-hydrogen) atoms. The number of benzene rings is 2. The van der Waals surface area contributed by atoms with Crippen LogP contribution in [0.5, 0.6) is 0 Å². The van der Waals surface area contributed by atoms with E-state index in [0.717, 1.165) is 20.1 Å². The number of fused-ring (bicyclic) bond motifs is 2. The van der Waals surface area contributed by atoms with Gasteiger partial charge >= 0.3 is 0 Å². The number of carbonyl (C=O) groups is 1. The summed E-state index contributed by atoms with van der Waals surface area (Å²) in [7, 11) is 0. The van der Waals surface area contributed by atoms with Gasteiger partial charge in [-0.25, -0.2) is 0 Å². The Hall–Kier alpha value is -2.77. The van der Waals surface area contributed by atoms with Crippen LogP contribution in [0.15, 0.2) is 85.1 Å². The molecule has 0 saturated heterocycles. The summed E-state index contributed by atoms with van der Waals surface area (Å²) >= 11 is 6.91. The fourth-order valence-electron chi connectivity index (χ4n) is 3.87. The lowest BCUT2D eigenvalue weighted by atomic mass is 9.98. The van der Waals surface area contributed by atoms with E-state index in [1.54, 1.807) is 35.5 Å². The van der Waals surface area contributed by atoms with E-state index in [2.05, 4.69) is 36.8 Å². The standard InChI is InChI=1S/C23H14Br2N2O3/c24-15-5-1-4-14(9-15)20-19-21(28)17-10-16(25)6-7-18(17)30-22(19)23(29)27(20)12-13-3-2-8-26-11-13/h1-11,20H,12H2. The first-order valence-electron chi connectivity index (χ1n) is 9.24. The summed E-state index contributed by atoms with van der Waals surface area (Å²) in [6.45, 7) is 0.313. The molecule has 2 aromatic carbocycles. The number of nitrogens with zero attached hydrogens (tertiary/aromatic N) is 2. The third-order valence-electron chi connectivity index (χ3n) is 5.17. The monoisotopic (exact) mass is 524 g/mol. The molecule has 1 atom stereocenters. The SMILES string of the molecule is O=C1c2oc3ccc(Br)cc3c(=O)c2C(c2cccc(Br)c2)N1Cc1cccnc1. The van der Waals surface area contributed by atoms with Gasteiger partial charge in [0.05, 0.1) is 17.0 Å². The maximum atomic E-state index is 13.5. The molecule has 1 aliphatic rings. The lowest BCUT2D eigenvalue weighted by molar-refractivity contribution is 0.0714. The van der Waals surface area contributed by atoms with Crippen LogP contribution in [0.2, 0.25) is 0 Å². The molecule has 1 aliphatic heterocycles. The van der Waals surface area contributed by atoms with Gasteiger partial charge in [0, 0.05) is 27.9 Å². The van der Waals surface area contributed by atoms with Gasteiger partial charge in [0.15, 0.2) is 5.43 Å². The lowest BCUT2D eigenvalue weighted by Crippen LogP contribution is -2.29. The number of pyridine rings is 1. The average Bonchev–Trinajstić information content (AvgIpc) is 3.02. The number of halogens is 2. The summed E-state index contributed by atoms with van der Waals surface area (Å²) < 4.78 is 7.61.